The van der Waals surface area contributed by atoms with Gasteiger partial charge in [-0.25, -0.2) is 0 Å². The molecule has 1 aliphatic carbocycles. The Morgan fingerprint density at radius 3 is 2.95 bits per heavy atom. The van der Waals surface area contributed by atoms with Gasteiger partial charge in [0.15, 0.2) is 5.41 Å². The van der Waals surface area contributed by atoms with E-state index in [9.17, 15) is 10.1 Å². The van der Waals surface area contributed by atoms with E-state index in [0.29, 0.717) is 0 Å². The van der Waals surface area contributed by atoms with E-state index in [2.05, 4.69) is 17.8 Å². The number of ether oxygens (including phenoxy) is 1. The summed E-state index contributed by atoms with van der Waals surface area (Å²) in [5.41, 5.74) is -0.467. The van der Waals surface area contributed by atoms with E-state index >= 15 is 0 Å². The van der Waals surface area contributed by atoms with Crippen molar-refractivity contribution in [1.82, 2.24) is 0 Å². The molecule has 0 heterocycles. The number of nitriles is 1. The number of nitrogens with zero attached hydrogens (tertiary/aromatic N) is 2. The van der Waals surface area contributed by atoms with Gasteiger partial charge in [0.1, 0.15) is 7.11 Å². The lowest BCUT2D eigenvalue weighted by Crippen LogP contribution is -2.44. The molecule has 0 aliphatic heterocycles. The lowest BCUT2D eigenvalue weighted by atomic mass is 9.66. The molecule has 0 spiro atoms. The molecule has 5 heteroatoms. The minimum absolute atomic E-state index is 0.253. The topological polar surface area (TPSA) is 71.7 Å². The third-order valence-corrected chi connectivity index (χ3v) is 3.69. The molecule has 110 valence electrons. The molecule has 2 unspecified atom stereocenters. The fourth-order valence-corrected chi connectivity index (χ4v) is 2.78. The van der Waals surface area contributed by atoms with Crippen molar-refractivity contribution in [1.29, 1.82) is 5.26 Å². The van der Waals surface area contributed by atoms with Gasteiger partial charge in [0, 0.05) is 5.92 Å². The van der Waals surface area contributed by atoms with Gasteiger partial charge in [-0.3, -0.25) is 4.79 Å². The van der Waals surface area contributed by atoms with E-state index < -0.39 is 11.4 Å². The molecule has 0 aromatic rings. The Hall–Kier alpha value is -1.83. The highest BCUT2D eigenvalue weighted by molar-refractivity contribution is 5.94. The van der Waals surface area contributed by atoms with Gasteiger partial charge >= 0.3 is 5.97 Å². The van der Waals surface area contributed by atoms with Gasteiger partial charge in [0.05, 0.1) is 18.4 Å². The van der Waals surface area contributed by atoms with E-state index in [4.69, 9.17) is 9.57 Å². The molecule has 0 bridgehead atoms. The molecule has 2 atom stereocenters. The van der Waals surface area contributed by atoms with E-state index in [1.165, 1.54) is 7.11 Å². The van der Waals surface area contributed by atoms with Crippen LogP contribution in [0.5, 0.6) is 0 Å². The van der Waals surface area contributed by atoms with Crippen LogP contribution < -0.4 is 0 Å². The van der Waals surface area contributed by atoms with Gasteiger partial charge in [0.25, 0.3) is 0 Å². The van der Waals surface area contributed by atoms with Crippen LogP contribution in [-0.4, -0.2) is 25.4 Å². The molecule has 20 heavy (non-hydrogen) atoms. The van der Waals surface area contributed by atoms with Crippen molar-refractivity contribution >= 4 is 11.7 Å². The molecule has 0 amide bonds. The Bertz CT molecular complexity index is 425. The fraction of sp³-hybridized carbons (Fsp3) is 0.667. The zero-order chi connectivity index (χ0) is 15.0. The number of oxime groups is 1. The first-order valence-corrected chi connectivity index (χ1v) is 6.95. The first-order valence-electron chi connectivity index (χ1n) is 6.95. The van der Waals surface area contributed by atoms with Crippen LogP contribution in [0, 0.1) is 22.7 Å². The maximum absolute atomic E-state index is 12.3. The second kappa shape index (κ2) is 7.68. The molecular formula is C15H22N2O3. The summed E-state index contributed by atoms with van der Waals surface area (Å²) >= 11 is 0. The van der Waals surface area contributed by atoms with Crippen LogP contribution in [-0.2, 0) is 14.4 Å². The summed E-state index contributed by atoms with van der Waals surface area (Å²) in [6.07, 6.45) is 5.31. The number of hydrogen-bond acceptors (Lipinski definition) is 5. The molecule has 0 radical (unpaired) electrons. The summed E-state index contributed by atoms with van der Waals surface area (Å²) in [7, 11) is 1.48. The highest BCUT2D eigenvalue weighted by Gasteiger charge is 2.49. The third-order valence-electron chi connectivity index (χ3n) is 3.69. The maximum Gasteiger partial charge on any atom is 0.327 e. The largest absolute Gasteiger partial charge is 0.465 e. The van der Waals surface area contributed by atoms with Gasteiger partial charge in [0.2, 0.25) is 0 Å². The van der Waals surface area contributed by atoms with Crippen LogP contribution in [0.25, 0.3) is 0 Å². The number of esters is 1. The van der Waals surface area contributed by atoms with Crippen LogP contribution in [0.15, 0.2) is 17.8 Å². The number of allylic oxidation sites excluding steroid dienone is 1. The molecule has 1 aliphatic rings. The number of rotatable bonds is 6. The van der Waals surface area contributed by atoms with Crippen molar-refractivity contribution in [3.8, 4) is 6.07 Å². The number of hydrogen-bond donors (Lipinski definition) is 0. The molecule has 0 N–H and O–H groups in total. The van der Waals surface area contributed by atoms with Gasteiger partial charge in [-0.2, -0.15) is 5.26 Å². The monoisotopic (exact) mass is 278 g/mol. The molecule has 0 aromatic heterocycles. The van der Waals surface area contributed by atoms with Gasteiger partial charge in [-0.15, -0.1) is 6.58 Å². The molecule has 1 saturated carbocycles. The highest BCUT2D eigenvalue weighted by atomic mass is 16.6. The first kappa shape index (κ1) is 16.2. The maximum atomic E-state index is 12.3. The summed E-state index contributed by atoms with van der Waals surface area (Å²) in [6.45, 7) is 5.66. The third kappa shape index (κ3) is 3.19. The second-order valence-electron chi connectivity index (χ2n) is 4.86. The molecule has 1 rings (SSSR count). The molecule has 5 nitrogen and oxygen atoms in total. The van der Waals surface area contributed by atoms with Crippen molar-refractivity contribution < 1.29 is 14.4 Å². The first-order chi connectivity index (χ1) is 9.66. The van der Waals surface area contributed by atoms with E-state index in [0.717, 1.165) is 31.4 Å². The van der Waals surface area contributed by atoms with Gasteiger partial charge in [-0.05, 0) is 32.6 Å². The Kier molecular flexibility index (Phi) is 6.23. The van der Waals surface area contributed by atoms with Crippen LogP contribution in [0.3, 0.4) is 0 Å². The Morgan fingerprint density at radius 1 is 1.65 bits per heavy atom. The number of carbonyl (C=O) groups excluding carboxylic acids is 1. The minimum Gasteiger partial charge on any atom is -0.465 e. The molecule has 1 fully saturated rings. The Labute approximate surface area is 120 Å². The van der Waals surface area contributed by atoms with Gasteiger partial charge in [-0.1, -0.05) is 17.7 Å². The average Bonchev–Trinajstić information content (AvgIpc) is 2.46. The molecular weight excluding hydrogens is 256 g/mol. The predicted octanol–water partition coefficient (Wildman–Crippen LogP) is 2.83. The normalized spacial score (nSPS) is 23.4. The van der Waals surface area contributed by atoms with Gasteiger partial charge < -0.3 is 9.57 Å². The van der Waals surface area contributed by atoms with Crippen molar-refractivity contribution in [3.63, 3.8) is 0 Å². The summed E-state index contributed by atoms with van der Waals surface area (Å²) in [5.74, 6) is -0.753. The van der Waals surface area contributed by atoms with E-state index in [1.54, 1.807) is 13.0 Å². The average molecular weight is 278 g/mol. The lowest BCUT2D eigenvalue weighted by Gasteiger charge is -2.35. The summed E-state index contributed by atoms with van der Waals surface area (Å²) in [4.78, 5) is 17.2. The minimum atomic E-state index is -1.24. The lowest BCUT2D eigenvalue weighted by molar-refractivity contribution is -0.153. The van der Waals surface area contributed by atoms with Crippen molar-refractivity contribution in [2.45, 2.75) is 39.0 Å². The van der Waals surface area contributed by atoms with E-state index in [1.807, 2.05) is 0 Å². The summed E-state index contributed by atoms with van der Waals surface area (Å²) < 4.78 is 5.13. The van der Waals surface area contributed by atoms with Crippen molar-refractivity contribution in [2.75, 3.05) is 13.7 Å². The highest BCUT2D eigenvalue weighted by Crippen LogP contribution is 2.41. The van der Waals surface area contributed by atoms with Crippen molar-refractivity contribution in [3.05, 3.63) is 12.7 Å². The Morgan fingerprint density at radius 2 is 2.40 bits per heavy atom. The van der Waals surface area contributed by atoms with Crippen LogP contribution >= 0.6 is 0 Å². The number of carbonyl (C=O) groups is 1. The smallest absolute Gasteiger partial charge is 0.327 e. The fourth-order valence-electron chi connectivity index (χ4n) is 2.78. The zero-order valence-corrected chi connectivity index (χ0v) is 12.2. The SMILES string of the molecule is C=CCC(C#N)(C(=O)OCC)C1CCCC/C1=N\OC. The second-order valence-corrected chi connectivity index (χ2v) is 4.86. The van der Waals surface area contributed by atoms with Crippen LogP contribution in [0.2, 0.25) is 0 Å². The standard InChI is InChI=1S/C15H22N2O3/c1-4-10-15(11-16,14(18)20-5-2)12-8-6-7-9-13(12)17-19-3/h4,12H,1,5-10H2,2-3H3/b17-13+. The van der Waals surface area contributed by atoms with Crippen LogP contribution in [0.4, 0.5) is 0 Å². The summed E-state index contributed by atoms with van der Waals surface area (Å²) in [6, 6.07) is 2.18. The Balaban J connectivity index is 3.20. The van der Waals surface area contributed by atoms with E-state index in [-0.39, 0.29) is 18.9 Å². The molecule has 0 aromatic carbocycles. The zero-order valence-electron chi connectivity index (χ0n) is 12.2. The molecule has 0 saturated heterocycles. The quantitative estimate of drug-likeness (QED) is 0.425. The predicted molar refractivity (Wildman–Crippen MR) is 75.9 cm³/mol. The van der Waals surface area contributed by atoms with Crippen molar-refractivity contribution in [2.24, 2.45) is 16.5 Å². The van der Waals surface area contributed by atoms with Crippen LogP contribution in [0.1, 0.15) is 39.0 Å². The summed E-state index contributed by atoms with van der Waals surface area (Å²) in [5, 5.41) is 13.7.